The number of carbonyl (C=O) groups is 2. The molecule has 1 aliphatic rings. The lowest BCUT2D eigenvalue weighted by Crippen LogP contribution is -2.55. The van der Waals surface area contributed by atoms with Gasteiger partial charge in [-0.2, -0.15) is 4.99 Å². The predicted octanol–water partition coefficient (Wildman–Crippen LogP) is 0.195. The van der Waals surface area contributed by atoms with Crippen LogP contribution in [0.5, 0.6) is 0 Å². The number of nitrogens with zero attached hydrogens (tertiary/aromatic N) is 1. The second-order valence-corrected chi connectivity index (χ2v) is 3.83. The Morgan fingerprint density at radius 2 is 1.93 bits per heavy atom. The molecule has 0 fully saturated rings. The van der Waals surface area contributed by atoms with E-state index in [1.165, 1.54) is 0 Å². The maximum absolute atomic E-state index is 11.8. The Balaban J connectivity index is 3.10. The number of hydrogen-bond acceptors (Lipinski definition) is 3. The average molecular weight is 211 g/mol. The van der Waals surface area contributed by atoms with Crippen molar-refractivity contribution in [3.63, 3.8) is 0 Å². The molecule has 5 heteroatoms. The first-order valence-corrected chi connectivity index (χ1v) is 5.18. The molecule has 84 valence electrons. The first-order chi connectivity index (χ1) is 6.97. The van der Waals surface area contributed by atoms with E-state index in [4.69, 9.17) is 5.73 Å². The summed E-state index contributed by atoms with van der Waals surface area (Å²) in [6, 6.07) is -0.426. The SMILES string of the molecule is CCC1(CC)C(=O)N=C(C(C)N)NC1=O. The van der Waals surface area contributed by atoms with E-state index in [0.717, 1.165) is 0 Å². The second kappa shape index (κ2) is 4.10. The van der Waals surface area contributed by atoms with Crippen molar-refractivity contribution in [1.82, 2.24) is 5.32 Å². The molecule has 0 aromatic carbocycles. The zero-order valence-corrected chi connectivity index (χ0v) is 9.33. The molecule has 0 bridgehead atoms. The van der Waals surface area contributed by atoms with Crippen molar-refractivity contribution in [1.29, 1.82) is 0 Å². The molecule has 1 unspecified atom stereocenters. The van der Waals surface area contributed by atoms with Crippen LogP contribution in [0, 0.1) is 5.41 Å². The molecule has 0 aromatic rings. The largest absolute Gasteiger partial charge is 0.322 e. The molecular formula is C10H17N3O2. The maximum atomic E-state index is 11.8. The number of nitrogens with one attached hydrogen (secondary N) is 1. The summed E-state index contributed by atoms with van der Waals surface area (Å²) in [7, 11) is 0. The molecule has 1 rings (SSSR count). The van der Waals surface area contributed by atoms with Crippen molar-refractivity contribution in [2.45, 2.75) is 39.7 Å². The molecule has 0 saturated carbocycles. The Morgan fingerprint density at radius 3 is 2.27 bits per heavy atom. The van der Waals surface area contributed by atoms with Crippen LogP contribution in [0.3, 0.4) is 0 Å². The molecule has 1 aliphatic heterocycles. The number of amidine groups is 1. The quantitative estimate of drug-likeness (QED) is 0.654. The van der Waals surface area contributed by atoms with Crippen LogP contribution in [0.15, 0.2) is 4.99 Å². The van der Waals surface area contributed by atoms with Gasteiger partial charge in [-0.05, 0) is 19.8 Å². The summed E-state index contributed by atoms with van der Waals surface area (Å²) in [5.74, 6) is -0.383. The van der Waals surface area contributed by atoms with Crippen LogP contribution in [-0.2, 0) is 9.59 Å². The molecule has 0 saturated heterocycles. The number of aliphatic imine (C=N–C) groups is 1. The van der Waals surface area contributed by atoms with Crippen molar-refractivity contribution >= 4 is 17.6 Å². The molecule has 0 radical (unpaired) electrons. The van der Waals surface area contributed by atoms with Gasteiger partial charge in [-0.1, -0.05) is 13.8 Å². The highest BCUT2D eigenvalue weighted by atomic mass is 16.2. The van der Waals surface area contributed by atoms with Gasteiger partial charge in [0.25, 0.3) is 5.91 Å². The third kappa shape index (κ3) is 1.79. The number of nitrogens with two attached hydrogens (primary N) is 1. The van der Waals surface area contributed by atoms with Crippen molar-refractivity contribution in [2.75, 3.05) is 0 Å². The van der Waals surface area contributed by atoms with Crippen LogP contribution in [0.1, 0.15) is 33.6 Å². The maximum Gasteiger partial charge on any atom is 0.263 e. The standard InChI is InChI=1S/C10H17N3O2/c1-4-10(5-2)8(14)12-7(6(3)11)13-9(10)15/h6H,4-5,11H2,1-3H3,(H,12,13,14,15). The van der Waals surface area contributed by atoms with E-state index in [0.29, 0.717) is 12.8 Å². The molecule has 0 aromatic heterocycles. The van der Waals surface area contributed by atoms with E-state index in [-0.39, 0.29) is 17.6 Å². The molecule has 1 atom stereocenters. The van der Waals surface area contributed by atoms with Gasteiger partial charge >= 0.3 is 0 Å². The smallest absolute Gasteiger partial charge is 0.263 e. The fraction of sp³-hybridized carbons (Fsp3) is 0.700. The van der Waals surface area contributed by atoms with E-state index in [2.05, 4.69) is 10.3 Å². The third-order valence-electron chi connectivity index (χ3n) is 2.95. The number of rotatable bonds is 3. The van der Waals surface area contributed by atoms with E-state index in [9.17, 15) is 9.59 Å². The van der Waals surface area contributed by atoms with Crippen LogP contribution in [-0.4, -0.2) is 23.7 Å². The Hall–Kier alpha value is -1.23. The van der Waals surface area contributed by atoms with Crippen molar-refractivity contribution < 1.29 is 9.59 Å². The highest BCUT2D eigenvalue weighted by molar-refractivity contribution is 6.19. The lowest BCUT2D eigenvalue weighted by atomic mass is 9.79. The minimum Gasteiger partial charge on any atom is -0.322 e. The molecule has 15 heavy (non-hydrogen) atoms. The Kier molecular flexibility index (Phi) is 3.24. The molecular weight excluding hydrogens is 194 g/mol. The third-order valence-corrected chi connectivity index (χ3v) is 2.95. The van der Waals surface area contributed by atoms with Gasteiger partial charge < -0.3 is 11.1 Å². The molecule has 3 N–H and O–H groups in total. The highest BCUT2D eigenvalue weighted by Gasteiger charge is 2.46. The van der Waals surface area contributed by atoms with Gasteiger partial charge in [-0.3, -0.25) is 9.59 Å². The molecule has 1 heterocycles. The number of amides is 2. The van der Waals surface area contributed by atoms with Crippen molar-refractivity contribution in [2.24, 2.45) is 16.1 Å². The van der Waals surface area contributed by atoms with Crippen molar-refractivity contribution in [3.05, 3.63) is 0 Å². The van der Waals surface area contributed by atoms with Crippen LogP contribution in [0.2, 0.25) is 0 Å². The van der Waals surface area contributed by atoms with Crippen LogP contribution < -0.4 is 11.1 Å². The monoisotopic (exact) mass is 211 g/mol. The van der Waals surface area contributed by atoms with E-state index in [1.54, 1.807) is 6.92 Å². The summed E-state index contributed by atoms with van der Waals surface area (Å²) >= 11 is 0. The second-order valence-electron chi connectivity index (χ2n) is 3.83. The fourth-order valence-corrected chi connectivity index (χ4v) is 1.67. The van der Waals surface area contributed by atoms with E-state index >= 15 is 0 Å². The van der Waals surface area contributed by atoms with Gasteiger partial charge in [-0.25, -0.2) is 0 Å². The summed E-state index contributed by atoms with van der Waals surface area (Å²) in [4.78, 5) is 27.5. The Morgan fingerprint density at radius 1 is 1.40 bits per heavy atom. The molecule has 0 aliphatic carbocycles. The average Bonchev–Trinajstić information content (AvgIpc) is 2.18. The number of hydrogen-bond donors (Lipinski definition) is 2. The topological polar surface area (TPSA) is 84.6 Å². The summed E-state index contributed by atoms with van der Waals surface area (Å²) in [5, 5.41) is 2.60. The predicted molar refractivity (Wildman–Crippen MR) is 57.2 cm³/mol. The summed E-state index contributed by atoms with van der Waals surface area (Å²) in [5.41, 5.74) is 4.58. The lowest BCUT2D eigenvalue weighted by Gasteiger charge is -2.31. The Bertz CT molecular complexity index is 317. The van der Waals surface area contributed by atoms with Crippen LogP contribution in [0.4, 0.5) is 0 Å². The highest BCUT2D eigenvalue weighted by Crippen LogP contribution is 2.30. The Labute approximate surface area is 89.1 Å². The summed E-state index contributed by atoms with van der Waals surface area (Å²) < 4.78 is 0. The first-order valence-electron chi connectivity index (χ1n) is 5.18. The minimum absolute atomic E-state index is 0.266. The zero-order chi connectivity index (χ0) is 11.6. The van der Waals surface area contributed by atoms with Gasteiger partial charge in [0, 0.05) is 0 Å². The van der Waals surface area contributed by atoms with Gasteiger partial charge in [0.1, 0.15) is 11.3 Å². The summed E-state index contributed by atoms with van der Waals surface area (Å²) in [6.45, 7) is 5.30. The van der Waals surface area contributed by atoms with E-state index < -0.39 is 11.5 Å². The van der Waals surface area contributed by atoms with E-state index in [1.807, 2.05) is 13.8 Å². The minimum atomic E-state index is -0.988. The molecule has 5 nitrogen and oxygen atoms in total. The van der Waals surface area contributed by atoms with Crippen LogP contribution >= 0.6 is 0 Å². The summed E-state index contributed by atoms with van der Waals surface area (Å²) in [6.07, 6.45) is 0.924. The van der Waals surface area contributed by atoms with Gasteiger partial charge in [0.15, 0.2) is 0 Å². The molecule has 0 spiro atoms. The van der Waals surface area contributed by atoms with Gasteiger partial charge in [0.05, 0.1) is 6.04 Å². The lowest BCUT2D eigenvalue weighted by molar-refractivity contribution is -0.142. The zero-order valence-electron chi connectivity index (χ0n) is 9.33. The fourth-order valence-electron chi connectivity index (χ4n) is 1.67. The first kappa shape index (κ1) is 11.8. The van der Waals surface area contributed by atoms with Crippen molar-refractivity contribution in [3.8, 4) is 0 Å². The number of carbonyl (C=O) groups excluding carboxylic acids is 2. The van der Waals surface area contributed by atoms with Gasteiger partial charge in [-0.15, -0.1) is 0 Å². The van der Waals surface area contributed by atoms with Crippen LogP contribution in [0.25, 0.3) is 0 Å². The normalized spacial score (nSPS) is 22.0. The molecule has 2 amide bonds. The van der Waals surface area contributed by atoms with Gasteiger partial charge in [0.2, 0.25) is 5.91 Å².